The zero-order chi connectivity index (χ0) is 8.85. The molecule has 0 amide bonds. The minimum Gasteiger partial charge on any atom is -0.464 e. The fourth-order valence-electron chi connectivity index (χ4n) is 0.554. The summed E-state index contributed by atoms with van der Waals surface area (Å²) in [6.45, 7) is 5.48. The second-order valence-corrected chi connectivity index (χ2v) is 2.81. The molecule has 0 aromatic carbocycles. The zero-order valence-corrected chi connectivity index (χ0v) is 7.26. The van der Waals surface area contributed by atoms with Crippen molar-refractivity contribution in [3.05, 3.63) is 0 Å². The van der Waals surface area contributed by atoms with E-state index in [1.807, 2.05) is 6.92 Å². The van der Waals surface area contributed by atoms with Crippen LogP contribution in [-0.4, -0.2) is 18.7 Å². The van der Waals surface area contributed by atoms with Crippen LogP contribution < -0.4 is 0 Å². The predicted molar refractivity (Wildman–Crippen MR) is 41.0 cm³/mol. The van der Waals surface area contributed by atoms with Gasteiger partial charge in [-0.2, -0.15) is 0 Å². The van der Waals surface area contributed by atoms with Crippen molar-refractivity contribution in [1.82, 2.24) is 0 Å². The number of ether oxygens (including phenoxy) is 1. The molecule has 0 saturated heterocycles. The summed E-state index contributed by atoms with van der Waals surface area (Å²) in [6.07, 6.45) is -0.738. The molecular weight excluding hydrogens is 147 g/mol. The van der Waals surface area contributed by atoms with Gasteiger partial charge in [0.25, 0.3) is 0 Å². The Morgan fingerprint density at radius 3 is 2.45 bits per heavy atom. The Labute approximate surface area is 66.7 Å². The number of carbonyl (C=O) groups excluding carboxylic acids is 1. The quantitative estimate of drug-likeness (QED) is 0.590. The van der Waals surface area contributed by atoms with Crippen LogP contribution in [0.5, 0.6) is 0 Å². The maximum atomic E-state index is 12.8. The van der Waals surface area contributed by atoms with Gasteiger partial charge in [0, 0.05) is 0 Å². The zero-order valence-electron chi connectivity index (χ0n) is 7.26. The number of hydrogen-bond donors (Lipinski definition) is 0. The van der Waals surface area contributed by atoms with Gasteiger partial charge < -0.3 is 4.74 Å². The van der Waals surface area contributed by atoms with E-state index in [0.29, 0.717) is 6.61 Å². The summed E-state index contributed by atoms with van der Waals surface area (Å²) in [5, 5.41) is 0. The Morgan fingerprint density at radius 1 is 1.55 bits per heavy atom. The van der Waals surface area contributed by atoms with E-state index in [1.165, 1.54) is 0 Å². The second kappa shape index (κ2) is 5.10. The van der Waals surface area contributed by atoms with Crippen molar-refractivity contribution in [3.8, 4) is 0 Å². The highest BCUT2D eigenvalue weighted by Crippen LogP contribution is 2.07. The average molecular weight is 162 g/mol. The van der Waals surface area contributed by atoms with Gasteiger partial charge >= 0.3 is 5.97 Å². The molecule has 0 fully saturated rings. The number of alkyl halides is 1. The number of carbonyl (C=O) groups is 1. The molecule has 0 N–H and O–H groups in total. The highest BCUT2D eigenvalue weighted by molar-refractivity contribution is 5.74. The minimum absolute atomic E-state index is 0.292. The molecule has 0 bridgehead atoms. The Morgan fingerprint density at radius 2 is 2.09 bits per heavy atom. The van der Waals surface area contributed by atoms with Crippen LogP contribution in [0.3, 0.4) is 0 Å². The maximum Gasteiger partial charge on any atom is 0.340 e. The van der Waals surface area contributed by atoms with Crippen molar-refractivity contribution in [2.24, 2.45) is 5.92 Å². The molecule has 11 heavy (non-hydrogen) atoms. The third-order valence-electron chi connectivity index (χ3n) is 1.26. The number of halogens is 1. The van der Waals surface area contributed by atoms with E-state index in [0.717, 1.165) is 6.42 Å². The van der Waals surface area contributed by atoms with Gasteiger partial charge in [-0.1, -0.05) is 20.8 Å². The molecule has 0 aromatic rings. The lowest BCUT2D eigenvalue weighted by molar-refractivity contribution is -0.151. The molecular formula is C8H15FO2. The topological polar surface area (TPSA) is 26.3 Å². The lowest BCUT2D eigenvalue weighted by atomic mass is 10.1. The van der Waals surface area contributed by atoms with Gasteiger partial charge in [-0.25, -0.2) is 9.18 Å². The summed E-state index contributed by atoms with van der Waals surface area (Å²) in [7, 11) is 0. The van der Waals surface area contributed by atoms with Crippen LogP contribution in [-0.2, 0) is 9.53 Å². The molecule has 0 saturated carbocycles. The normalized spacial score (nSPS) is 13.2. The molecule has 0 aliphatic heterocycles. The van der Waals surface area contributed by atoms with E-state index in [4.69, 9.17) is 0 Å². The third kappa shape index (κ3) is 3.96. The van der Waals surface area contributed by atoms with E-state index in [2.05, 4.69) is 4.74 Å². The summed E-state index contributed by atoms with van der Waals surface area (Å²) in [5.74, 6) is -1.03. The number of hydrogen-bond acceptors (Lipinski definition) is 2. The summed E-state index contributed by atoms with van der Waals surface area (Å²) in [4.78, 5) is 10.7. The molecule has 1 unspecified atom stereocenters. The van der Waals surface area contributed by atoms with Crippen molar-refractivity contribution >= 4 is 5.97 Å². The van der Waals surface area contributed by atoms with Crippen LogP contribution in [0.15, 0.2) is 0 Å². The second-order valence-electron chi connectivity index (χ2n) is 2.81. The molecule has 2 nitrogen and oxygen atoms in total. The third-order valence-corrected chi connectivity index (χ3v) is 1.26. The van der Waals surface area contributed by atoms with E-state index < -0.39 is 12.1 Å². The molecule has 0 radical (unpaired) electrons. The first-order chi connectivity index (χ1) is 5.09. The van der Waals surface area contributed by atoms with Crippen LogP contribution in [0.4, 0.5) is 4.39 Å². The van der Waals surface area contributed by atoms with E-state index in [9.17, 15) is 9.18 Å². The number of esters is 1. The highest BCUT2D eigenvalue weighted by Gasteiger charge is 2.21. The lowest BCUT2D eigenvalue weighted by Gasteiger charge is -2.10. The van der Waals surface area contributed by atoms with Crippen LogP contribution in [0.1, 0.15) is 27.2 Å². The molecule has 1 atom stereocenters. The standard InChI is InChI=1S/C8H15FO2/c1-4-5-11-8(10)7(9)6(2)3/h6-7H,4-5H2,1-3H3. The number of rotatable bonds is 4. The molecule has 66 valence electrons. The van der Waals surface area contributed by atoms with Crippen LogP contribution in [0.25, 0.3) is 0 Å². The van der Waals surface area contributed by atoms with E-state index >= 15 is 0 Å². The van der Waals surface area contributed by atoms with Crippen molar-refractivity contribution in [3.63, 3.8) is 0 Å². The molecule has 0 aromatic heterocycles. The summed E-state index contributed by atoms with van der Waals surface area (Å²) in [5.41, 5.74) is 0. The largest absolute Gasteiger partial charge is 0.464 e. The fraction of sp³-hybridized carbons (Fsp3) is 0.875. The first kappa shape index (κ1) is 10.4. The van der Waals surface area contributed by atoms with Crippen LogP contribution in [0, 0.1) is 5.92 Å². The van der Waals surface area contributed by atoms with Gasteiger partial charge in [0.1, 0.15) is 0 Å². The Balaban J connectivity index is 3.64. The van der Waals surface area contributed by atoms with Gasteiger partial charge in [-0.05, 0) is 12.3 Å². The molecule has 3 heteroatoms. The molecule has 0 spiro atoms. The monoisotopic (exact) mass is 162 g/mol. The predicted octanol–water partition coefficient (Wildman–Crippen LogP) is 1.93. The van der Waals surface area contributed by atoms with Gasteiger partial charge in [-0.3, -0.25) is 0 Å². The van der Waals surface area contributed by atoms with E-state index in [1.54, 1.807) is 13.8 Å². The smallest absolute Gasteiger partial charge is 0.340 e. The fourth-order valence-corrected chi connectivity index (χ4v) is 0.554. The van der Waals surface area contributed by atoms with Crippen molar-refractivity contribution < 1.29 is 13.9 Å². The molecule has 0 heterocycles. The minimum atomic E-state index is -1.47. The Hall–Kier alpha value is -0.600. The average Bonchev–Trinajstić information content (AvgIpc) is 1.98. The van der Waals surface area contributed by atoms with Crippen molar-refractivity contribution in [1.29, 1.82) is 0 Å². The van der Waals surface area contributed by atoms with E-state index in [-0.39, 0.29) is 5.92 Å². The van der Waals surface area contributed by atoms with Crippen molar-refractivity contribution in [2.75, 3.05) is 6.61 Å². The lowest BCUT2D eigenvalue weighted by Crippen LogP contribution is -2.24. The van der Waals surface area contributed by atoms with Gasteiger partial charge in [0.2, 0.25) is 0 Å². The Kier molecular flexibility index (Phi) is 4.83. The SMILES string of the molecule is CCCOC(=O)C(F)C(C)C. The molecule has 0 aliphatic rings. The first-order valence-electron chi connectivity index (χ1n) is 3.90. The van der Waals surface area contributed by atoms with Crippen molar-refractivity contribution in [2.45, 2.75) is 33.4 Å². The Bertz CT molecular complexity index is 123. The van der Waals surface area contributed by atoms with Gasteiger partial charge in [0.05, 0.1) is 6.61 Å². The summed E-state index contributed by atoms with van der Waals surface area (Å²) in [6, 6.07) is 0. The van der Waals surface area contributed by atoms with Gasteiger partial charge in [-0.15, -0.1) is 0 Å². The summed E-state index contributed by atoms with van der Waals surface area (Å²) >= 11 is 0. The van der Waals surface area contributed by atoms with Gasteiger partial charge in [0.15, 0.2) is 6.17 Å². The summed E-state index contributed by atoms with van der Waals surface area (Å²) < 4.78 is 17.4. The first-order valence-corrected chi connectivity index (χ1v) is 3.90. The molecule has 0 rings (SSSR count). The van der Waals surface area contributed by atoms with Crippen LogP contribution in [0.2, 0.25) is 0 Å². The highest BCUT2D eigenvalue weighted by atomic mass is 19.1. The maximum absolute atomic E-state index is 12.8. The molecule has 0 aliphatic carbocycles. The van der Waals surface area contributed by atoms with Crippen LogP contribution >= 0.6 is 0 Å².